The second kappa shape index (κ2) is 14.0. The van der Waals surface area contributed by atoms with Gasteiger partial charge in [0, 0.05) is 11.6 Å². The van der Waals surface area contributed by atoms with Gasteiger partial charge in [-0.25, -0.2) is 0 Å². The predicted octanol–water partition coefficient (Wildman–Crippen LogP) is 5.23. The molecule has 176 valence electrons. The summed E-state index contributed by atoms with van der Waals surface area (Å²) in [6.07, 6.45) is 15.3. The zero-order chi connectivity index (χ0) is 24.1. The molecule has 2 amide bonds. The number of imide groups is 1. The van der Waals surface area contributed by atoms with Gasteiger partial charge in [0.25, 0.3) is 11.8 Å². The average Bonchev–Trinajstić information content (AvgIpc) is 3.10. The van der Waals surface area contributed by atoms with Gasteiger partial charge in [-0.05, 0) is 80.0 Å². The fraction of sp³-hybridized carbons (Fsp3) is 0.393. The number of nitrogens with one attached hydrogen (secondary N) is 1. The molecule has 2 rings (SSSR count). The van der Waals surface area contributed by atoms with Crippen LogP contribution in [0.15, 0.2) is 61.7 Å². The summed E-state index contributed by atoms with van der Waals surface area (Å²) in [5, 5.41) is 2.15. The van der Waals surface area contributed by atoms with Gasteiger partial charge < -0.3 is 4.74 Å². The third-order valence-electron chi connectivity index (χ3n) is 5.62. The second-order valence-corrected chi connectivity index (χ2v) is 8.26. The number of esters is 1. The van der Waals surface area contributed by atoms with Crippen LogP contribution in [0.25, 0.3) is 0 Å². The lowest BCUT2D eigenvalue weighted by Crippen LogP contribution is -2.23. The number of ether oxygens (including phenoxy) is 1. The van der Waals surface area contributed by atoms with E-state index >= 15 is 0 Å². The summed E-state index contributed by atoms with van der Waals surface area (Å²) in [4.78, 5) is 35.4. The summed E-state index contributed by atoms with van der Waals surface area (Å²) in [6, 6.07) is 4.47. The van der Waals surface area contributed by atoms with Crippen LogP contribution < -0.4 is 5.32 Å². The van der Waals surface area contributed by atoms with Crippen LogP contribution in [0.4, 0.5) is 0 Å². The molecule has 1 aliphatic rings. The van der Waals surface area contributed by atoms with Crippen LogP contribution in [0.1, 0.15) is 67.2 Å². The maximum atomic E-state index is 12.4. The molecular weight excluding hydrogens is 414 g/mol. The number of carbonyl (C=O) groups is 3. The van der Waals surface area contributed by atoms with E-state index in [1.165, 1.54) is 16.7 Å². The number of carbonyl (C=O) groups excluding carboxylic acids is 3. The van der Waals surface area contributed by atoms with Crippen LogP contribution in [-0.4, -0.2) is 17.8 Å². The largest absolute Gasteiger partial charge is 0.461 e. The van der Waals surface area contributed by atoms with E-state index in [9.17, 15) is 14.4 Å². The van der Waals surface area contributed by atoms with Crippen molar-refractivity contribution in [3.05, 3.63) is 84.0 Å². The molecule has 1 N–H and O–H groups in total. The van der Waals surface area contributed by atoms with Crippen molar-refractivity contribution in [3.63, 3.8) is 0 Å². The van der Waals surface area contributed by atoms with Gasteiger partial charge in [-0.3, -0.25) is 19.7 Å². The molecule has 1 aliphatic heterocycles. The lowest BCUT2D eigenvalue weighted by atomic mass is 9.90. The molecule has 1 aromatic rings. The zero-order valence-corrected chi connectivity index (χ0v) is 19.5. The van der Waals surface area contributed by atoms with Crippen LogP contribution in [-0.2, 0) is 45.0 Å². The van der Waals surface area contributed by atoms with Gasteiger partial charge in [0.05, 0.1) is 6.42 Å². The monoisotopic (exact) mass is 449 g/mol. The van der Waals surface area contributed by atoms with Crippen molar-refractivity contribution in [2.75, 3.05) is 0 Å². The van der Waals surface area contributed by atoms with Gasteiger partial charge in [-0.15, -0.1) is 19.7 Å². The van der Waals surface area contributed by atoms with Crippen molar-refractivity contribution in [1.29, 1.82) is 0 Å². The third-order valence-corrected chi connectivity index (χ3v) is 5.62. The second-order valence-electron chi connectivity index (χ2n) is 8.26. The lowest BCUT2D eigenvalue weighted by molar-refractivity contribution is -0.144. The van der Waals surface area contributed by atoms with Crippen molar-refractivity contribution < 1.29 is 19.1 Å². The SMILES string of the molecule is C=CCCCc1cc(CCCC=C)c(COC(=O)CC2=CC(=O)NC2=O)c(CCCC=C)c1. The molecule has 1 aromatic carbocycles. The summed E-state index contributed by atoms with van der Waals surface area (Å²) < 4.78 is 5.58. The summed E-state index contributed by atoms with van der Waals surface area (Å²) >= 11 is 0. The van der Waals surface area contributed by atoms with Crippen molar-refractivity contribution >= 4 is 17.8 Å². The van der Waals surface area contributed by atoms with Gasteiger partial charge in [-0.1, -0.05) is 30.4 Å². The van der Waals surface area contributed by atoms with Gasteiger partial charge in [0.2, 0.25) is 0 Å². The number of rotatable bonds is 16. The fourth-order valence-electron chi connectivity index (χ4n) is 3.91. The molecule has 0 saturated heterocycles. The fourth-order valence-corrected chi connectivity index (χ4v) is 3.91. The maximum absolute atomic E-state index is 12.4. The number of aryl methyl sites for hydroxylation is 3. The van der Waals surface area contributed by atoms with E-state index in [2.05, 4.69) is 37.2 Å². The first-order valence-corrected chi connectivity index (χ1v) is 11.7. The Bertz CT molecular complexity index is 891. The maximum Gasteiger partial charge on any atom is 0.310 e. The van der Waals surface area contributed by atoms with Gasteiger partial charge >= 0.3 is 5.97 Å². The Morgan fingerprint density at radius 3 is 1.91 bits per heavy atom. The van der Waals surface area contributed by atoms with E-state index in [1.807, 2.05) is 18.2 Å². The van der Waals surface area contributed by atoms with E-state index in [0.29, 0.717) is 0 Å². The van der Waals surface area contributed by atoms with E-state index in [0.717, 1.165) is 69.4 Å². The summed E-state index contributed by atoms with van der Waals surface area (Å²) in [7, 11) is 0. The molecule has 0 unspecified atom stereocenters. The topological polar surface area (TPSA) is 72.5 Å². The first-order chi connectivity index (χ1) is 16.0. The van der Waals surface area contributed by atoms with Crippen molar-refractivity contribution in [3.8, 4) is 0 Å². The highest BCUT2D eigenvalue weighted by atomic mass is 16.5. The minimum absolute atomic E-state index is 0.139. The summed E-state index contributed by atoms with van der Waals surface area (Å²) in [5.41, 5.74) is 4.87. The quantitative estimate of drug-likeness (QED) is 0.162. The number of hydrogen-bond acceptors (Lipinski definition) is 4. The summed E-state index contributed by atoms with van der Waals surface area (Å²) in [5.74, 6) is -1.55. The molecular formula is C28H35NO4. The van der Waals surface area contributed by atoms with Crippen LogP contribution in [0.5, 0.6) is 0 Å². The van der Waals surface area contributed by atoms with Crippen molar-refractivity contribution in [2.45, 2.75) is 70.8 Å². The molecule has 0 fully saturated rings. The number of allylic oxidation sites excluding steroid dienone is 3. The van der Waals surface area contributed by atoms with Crippen molar-refractivity contribution in [1.82, 2.24) is 5.32 Å². The molecule has 0 spiro atoms. The van der Waals surface area contributed by atoms with Crippen molar-refractivity contribution in [2.24, 2.45) is 0 Å². The molecule has 5 nitrogen and oxygen atoms in total. The van der Waals surface area contributed by atoms with E-state index in [1.54, 1.807) is 0 Å². The van der Waals surface area contributed by atoms with Crippen LogP contribution in [0.3, 0.4) is 0 Å². The highest BCUT2D eigenvalue weighted by molar-refractivity contribution is 6.17. The van der Waals surface area contributed by atoms with Gasteiger partial charge in [0.15, 0.2) is 0 Å². The third kappa shape index (κ3) is 8.68. The number of hydrogen-bond donors (Lipinski definition) is 1. The molecule has 0 aromatic heterocycles. The lowest BCUT2D eigenvalue weighted by Gasteiger charge is -2.18. The van der Waals surface area contributed by atoms with Gasteiger partial charge in [-0.2, -0.15) is 0 Å². The first kappa shape index (κ1) is 26.0. The Morgan fingerprint density at radius 1 is 0.879 bits per heavy atom. The van der Waals surface area contributed by atoms with E-state index < -0.39 is 17.8 Å². The zero-order valence-electron chi connectivity index (χ0n) is 19.5. The minimum Gasteiger partial charge on any atom is -0.461 e. The normalized spacial score (nSPS) is 12.8. The smallest absolute Gasteiger partial charge is 0.310 e. The predicted molar refractivity (Wildman–Crippen MR) is 131 cm³/mol. The molecule has 1 heterocycles. The molecule has 0 atom stereocenters. The van der Waals surface area contributed by atoms with Crippen LogP contribution in [0.2, 0.25) is 0 Å². The van der Waals surface area contributed by atoms with Crippen LogP contribution >= 0.6 is 0 Å². The van der Waals surface area contributed by atoms with E-state index in [-0.39, 0.29) is 18.6 Å². The average molecular weight is 450 g/mol. The number of unbranched alkanes of at least 4 members (excludes halogenated alkanes) is 3. The molecule has 33 heavy (non-hydrogen) atoms. The Morgan fingerprint density at radius 2 is 1.42 bits per heavy atom. The summed E-state index contributed by atoms with van der Waals surface area (Å²) in [6.45, 7) is 11.6. The standard InChI is InChI=1S/C28H35NO4/c1-4-7-10-13-21-16-22(14-11-8-5-2)25(23(17-21)15-12-9-6-3)20-33-27(31)19-24-18-26(30)29-28(24)32/h4-6,16-18H,1-3,7-15,19-20H2,(H,29,30,32). The highest BCUT2D eigenvalue weighted by Crippen LogP contribution is 2.25. The highest BCUT2D eigenvalue weighted by Gasteiger charge is 2.23. The minimum atomic E-state index is -0.531. The Labute approximate surface area is 197 Å². The number of benzene rings is 1. The molecule has 0 aliphatic carbocycles. The molecule has 0 saturated carbocycles. The van der Waals surface area contributed by atoms with Gasteiger partial charge in [0.1, 0.15) is 6.61 Å². The van der Waals surface area contributed by atoms with Crippen LogP contribution in [0, 0.1) is 0 Å². The Kier molecular flexibility index (Phi) is 11.1. The number of amides is 2. The Hall–Kier alpha value is -3.21. The first-order valence-electron chi connectivity index (χ1n) is 11.7. The molecule has 0 radical (unpaired) electrons. The molecule has 0 bridgehead atoms. The molecule has 5 heteroatoms. The van der Waals surface area contributed by atoms with E-state index in [4.69, 9.17) is 4.74 Å². The Balaban J connectivity index is 2.22.